The van der Waals surface area contributed by atoms with Gasteiger partial charge in [0, 0.05) is 37.0 Å². The molecule has 5 nitrogen and oxygen atoms in total. The van der Waals surface area contributed by atoms with Crippen molar-refractivity contribution in [2.24, 2.45) is 0 Å². The van der Waals surface area contributed by atoms with E-state index in [1.54, 1.807) is 18.2 Å². The fourth-order valence-electron chi connectivity index (χ4n) is 2.20. The molecule has 1 amide bonds. The highest BCUT2D eigenvalue weighted by Gasteiger charge is 2.28. The molecule has 0 heterocycles. The molecule has 112 valence electrons. The number of nitrogens with zero attached hydrogens (tertiary/aromatic N) is 2. The van der Waals surface area contributed by atoms with Crippen LogP contribution in [0.1, 0.15) is 25.7 Å². The maximum atomic E-state index is 12.0. The number of nitrogens with one attached hydrogen (secondary N) is 1. The second kappa shape index (κ2) is 7.30. The quantitative estimate of drug-likeness (QED) is 0.759. The fraction of sp³-hybridized carbons (Fsp3) is 0.467. The molecular weight excluding hydrogens is 288 g/mol. The van der Waals surface area contributed by atoms with Gasteiger partial charge in [-0.3, -0.25) is 9.69 Å². The molecule has 1 aliphatic rings. The first-order valence-corrected chi connectivity index (χ1v) is 7.44. The lowest BCUT2D eigenvalue weighted by Crippen LogP contribution is -2.30. The predicted molar refractivity (Wildman–Crippen MR) is 83.9 cm³/mol. The van der Waals surface area contributed by atoms with Gasteiger partial charge < -0.3 is 11.1 Å². The molecule has 1 aromatic rings. The molecule has 1 aromatic carbocycles. The zero-order valence-corrected chi connectivity index (χ0v) is 12.6. The molecule has 1 saturated carbocycles. The first-order chi connectivity index (χ1) is 10.1. The van der Waals surface area contributed by atoms with E-state index in [2.05, 4.69) is 16.3 Å². The van der Waals surface area contributed by atoms with Gasteiger partial charge >= 0.3 is 0 Å². The molecule has 0 atom stereocenters. The number of amides is 1. The summed E-state index contributed by atoms with van der Waals surface area (Å²) in [7, 11) is 0. The van der Waals surface area contributed by atoms with Gasteiger partial charge in [0.2, 0.25) is 5.91 Å². The van der Waals surface area contributed by atoms with Crippen LogP contribution in [0.4, 0.5) is 11.4 Å². The predicted octanol–water partition coefficient (Wildman–Crippen LogP) is 2.63. The Kier molecular flexibility index (Phi) is 5.43. The number of anilines is 2. The SMILES string of the molecule is N#CCCN(CCC(=O)Nc1cc(Cl)ccc1N)C1CC1. The Morgan fingerprint density at radius 1 is 1.48 bits per heavy atom. The van der Waals surface area contributed by atoms with Crippen molar-refractivity contribution in [1.82, 2.24) is 4.90 Å². The standard InChI is InChI=1S/C15H19ClN4O/c16-11-2-5-13(18)14(10-11)19-15(21)6-9-20(8-1-7-17)12-3-4-12/h2,5,10,12H,1,3-4,6,8-9,18H2,(H,19,21). The van der Waals surface area contributed by atoms with E-state index in [1.165, 1.54) is 0 Å². The van der Waals surface area contributed by atoms with Crippen molar-refractivity contribution in [3.8, 4) is 6.07 Å². The average Bonchev–Trinajstić information content (AvgIpc) is 3.27. The topological polar surface area (TPSA) is 82.2 Å². The van der Waals surface area contributed by atoms with Gasteiger partial charge in [0.25, 0.3) is 0 Å². The number of rotatable bonds is 7. The summed E-state index contributed by atoms with van der Waals surface area (Å²) >= 11 is 5.89. The van der Waals surface area contributed by atoms with Gasteiger partial charge in [-0.2, -0.15) is 5.26 Å². The van der Waals surface area contributed by atoms with Crippen LogP contribution in [0.2, 0.25) is 5.02 Å². The summed E-state index contributed by atoms with van der Waals surface area (Å²) in [4.78, 5) is 14.2. The van der Waals surface area contributed by atoms with Gasteiger partial charge in [0.15, 0.2) is 0 Å². The van der Waals surface area contributed by atoms with Crippen LogP contribution in [0.15, 0.2) is 18.2 Å². The third-order valence-corrected chi connectivity index (χ3v) is 3.72. The molecule has 21 heavy (non-hydrogen) atoms. The largest absolute Gasteiger partial charge is 0.397 e. The third kappa shape index (κ3) is 4.92. The first-order valence-electron chi connectivity index (χ1n) is 7.06. The highest BCUT2D eigenvalue weighted by molar-refractivity contribution is 6.31. The summed E-state index contributed by atoms with van der Waals surface area (Å²) in [5.74, 6) is -0.0911. The second-order valence-electron chi connectivity index (χ2n) is 5.21. The van der Waals surface area contributed by atoms with Crippen LogP contribution >= 0.6 is 11.6 Å². The Hall–Kier alpha value is -1.77. The van der Waals surface area contributed by atoms with Crippen molar-refractivity contribution < 1.29 is 4.79 Å². The lowest BCUT2D eigenvalue weighted by Gasteiger charge is -2.20. The van der Waals surface area contributed by atoms with E-state index >= 15 is 0 Å². The second-order valence-corrected chi connectivity index (χ2v) is 5.64. The summed E-state index contributed by atoms with van der Waals surface area (Å²) in [5.41, 5.74) is 6.84. The minimum absolute atomic E-state index is 0.0911. The van der Waals surface area contributed by atoms with Crippen molar-refractivity contribution in [2.45, 2.75) is 31.7 Å². The third-order valence-electron chi connectivity index (χ3n) is 3.49. The van der Waals surface area contributed by atoms with E-state index in [0.717, 1.165) is 19.4 Å². The van der Waals surface area contributed by atoms with E-state index in [4.69, 9.17) is 22.6 Å². The Labute approximate surface area is 129 Å². The van der Waals surface area contributed by atoms with Crippen LogP contribution in [0.5, 0.6) is 0 Å². The number of nitriles is 1. The van der Waals surface area contributed by atoms with E-state index in [0.29, 0.717) is 41.8 Å². The molecular formula is C15H19ClN4O. The van der Waals surface area contributed by atoms with Gasteiger partial charge in [-0.05, 0) is 31.0 Å². The van der Waals surface area contributed by atoms with Crippen LogP contribution in [-0.4, -0.2) is 29.9 Å². The molecule has 1 fully saturated rings. The zero-order chi connectivity index (χ0) is 15.2. The molecule has 0 aliphatic heterocycles. The van der Waals surface area contributed by atoms with Gasteiger partial charge in [-0.15, -0.1) is 0 Å². The van der Waals surface area contributed by atoms with Crippen LogP contribution < -0.4 is 11.1 Å². The van der Waals surface area contributed by atoms with Crippen molar-refractivity contribution in [3.63, 3.8) is 0 Å². The molecule has 1 aliphatic carbocycles. The molecule has 6 heteroatoms. The normalized spacial score (nSPS) is 14.0. The molecule has 0 aromatic heterocycles. The number of carbonyl (C=O) groups is 1. The summed E-state index contributed by atoms with van der Waals surface area (Å²) in [6, 6.07) is 7.69. The van der Waals surface area contributed by atoms with Crippen molar-refractivity contribution in [3.05, 3.63) is 23.2 Å². The average molecular weight is 307 g/mol. The van der Waals surface area contributed by atoms with Gasteiger partial charge in [0.1, 0.15) is 0 Å². The number of carbonyl (C=O) groups excluding carboxylic acids is 1. The van der Waals surface area contributed by atoms with Crippen LogP contribution in [0.25, 0.3) is 0 Å². The van der Waals surface area contributed by atoms with Crippen molar-refractivity contribution in [1.29, 1.82) is 5.26 Å². The van der Waals surface area contributed by atoms with Crippen LogP contribution in [0.3, 0.4) is 0 Å². The zero-order valence-electron chi connectivity index (χ0n) is 11.8. The maximum absolute atomic E-state index is 12.0. The molecule has 0 unspecified atom stereocenters. The molecule has 0 bridgehead atoms. The molecule has 2 rings (SSSR count). The Morgan fingerprint density at radius 3 is 2.90 bits per heavy atom. The van der Waals surface area contributed by atoms with Gasteiger partial charge in [-0.25, -0.2) is 0 Å². The number of nitrogens with two attached hydrogens (primary N) is 1. The number of benzene rings is 1. The molecule has 0 radical (unpaired) electrons. The minimum Gasteiger partial charge on any atom is -0.397 e. The molecule has 0 saturated heterocycles. The van der Waals surface area contributed by atoms with Crippen molar-refractivity contribution in [2.75, 3.05) is 24.1 Å². The van der Waals surface area contributed by atoms with E-state index < -0.39 is 0 Å². The fourth-order valence-corrected chi connectivity index (χ4v) is 2.38. The molecule has 0 spiro atoms. The lowest BCUT2D eigenvalue weighted by atomic mass is 10.2. The summed E-state index contributed by atoms with van der Waals surface area (Å²) < 4.78 is 0. The van der Waals surface area contributed by atoms with Crippen LogP contribution in [-0.2, 0) is 4.79 Å². The lowest BCUT2D eigenvalue weighted by molar-refractivity contribution is -0.116. The van der Waals surface area contributed by atoms with Crippen LogP contribution in [0, 0.1) is 11.3 Å². The minimum atomic E-state index is -0.0911. The van der Waals surface area contributed by atoms with E-state index in [1.807, 2.05) is 0 Å². The summed E-state index contributed by atoms with van der Waals surface area (Å²) in [6.45, 7) is 1.40. The number of hydrogen-bond acceptors (Lipinski definition) is 4. The smallest absolute Gasteiger partial charge is 0.225 e. The highest BCUT2D eigenvalue weighted by Crippen LogP contribution is 2.27. The Morgan fingerprint density at radius 2 is 2.24 bits per heavy atom. The summed E-state index contributed by atoms with van der Waals surface area (Å²) in [6.07, 6.45) is 3.20. The van der Waals surface area contributed by atoms with Crippen molar-refractivity contribution >= 4 is 28.9 Å². The van der Waals surface area contributed by atoms with E-state index in [-0.39, 0.29) is 5.91 Å². The monoisotopic (exact) mass is 306 g/mol. The number of nitrogen functional groups attached to an aromatic ring is 1. The number of halogens is 1. The first kappa shape index (κ1) is 15.6. The summed E-state index contributed by atoms with van der Waals surface area (Å²) in [5, 5.41) is 12.0. The highest BCUT2D eigenvalue weighted by atomic mass is 35.5. The van der Waals surface area contributed by atoms with Gasteiger partial charge in [-0.1, -0.05) is 11.6 Å². The Bertz CT molecular complexity index is 551. The number of hydrogen-bond donors (Lipinski definition) is 2. The Balaban J connectivity index is 1.83. The maximum Gasteiger partial charge on any atom is 0.225 e. The van der Waals surface area contributed by atoms with Gasteiger partial charge in [0.05, 0.1) is 17.4 Å². The molecule has 3 N–H and O–H groups in total. The van der Waals surface area contributed by atoms with E-state index in [9.17, 15) is 4.79 Å².